The van der Waals surface area contributed by atoms with Crippen molar-refractivity contribution in [2.24, 2.45) is 0 Å². The van der Waals surface area contributed by atoms with Gasteiger partial charge in [-0.05, 0) is 149 Å². The number of benzene rings is 9. The van der Waals surface area contributed by atoms with Gasteiger partial charge in [-0.1, -0.05) is 211 Å². The zero-order valence-electron chi connectivity index (χ0n) is 61.3. The van der Waals surface area contributed by atoms with Crippen LogP contribution in [-0.4, -0.2) is 9.55 Å². The van der Waals surface area contributed by atoms with Gasteiger partial charge in [0.25, 0.3) is 0 Å². The average Bonchev–Trinajstić information content (AvgIpc) is 1.59. The standard InChI is InChI=1S/C80H77N4O.Pt/c1-76(2,3)57-43-55(52-24-15-14-16-25-52)42-56(44-57)66-47-58(77(4,5)6)46-65(53-34-38-68-69(45-53)80(12,13)41-40-79(68,10)11)75(66)83-51-82(71-32-21-22-33-72(71)83)59-26-23-27-60(48-59)85-61-36-37-64-63-29-18-20-31-70(63)84(73(64)49-61)74-39-35-54(50-81-74)62-28-17-19-30-67(62)78(7,8)9;/h14-39,42-47,50-51H,40-41H2,1-13H3;/q-3;/i17D,19D,28D,30D,34D,38D,42D,43D,44D,45D;. The molecule has 0 unspecified atom stereocenters. The van der Waals surface area contributed by atoms with Crippen LogP contribution in [0.2, 0.25) is 0 Å². The van der Waals surface area contributed by atoms with Gasteiger partial charge in [-0.15, -0.1) is 48.1 Å². The van der Waals surface area contributed by atoms with E-state index in [1.807, 2.05) is 178 Å². The Morgan fingerprint density at radius 3 is 1.88 bits per heavy atom. The fourth-order valence-electron chi connectivity index (χ4n) is 12.0. The van der Waals surface area contributed by atoms with Gasteiger partial charge in [0.2, 0.25) is 0 Å². The molecule has 0 spiro atoms. The molecule has 0 radical (unpaired) electrons. The first-order valence-corrected chi connectivity index (χ1v) is 29.5. The maximum absolute atomic E-state index is 10.5. The number of hydrogen-bond acceptors (Lipinski definition) is 4. The average molecular weight is 1320 g/mol. The minimum Gasteiger partial charge on any atom is -0.509 e. The van der Waals surface area contributed by atoms with Gasteiger partial charge in [-0.2, -0.15) is 12.1 Å². The molecule has 436 valence electrons. The Hall–Kier alpha value is -7.98. The summed E-state index contributed by atoms with van der Waals surface area (Å²) in [6, 6.07) is 49.7. The number of nitrogens with zero attached hydrogens (tertiary/aromatic N) is 4. The van der Waals surface area contributed by atoms with Crippen molar-refractivity contribution in [2.45, 2.75) is 130 Å². The molecule has 86 heavy (non-hydrogen) atoms. The molecule has 0 saturated carbocycles. The van der Waals surface area contributed by atoms with Gasteiger partial charge in [0, 0.05) is 78.0 Å². The molecule has 0 atom stereocenters. The van der Waals surface area contributed by atoms with Crippen molar-refractivity contribution in [3.05, 3.63) is 247 Å². The fourth-order valence-corrected chi connectivity index (χ4v) is 12.0. The summed E-state index contributed by atoms with van der Waals surface area (Å²) in [6.07, 6.45) is 3.25. The quantitative estimate of drug-likeness (QED) is 0.135. The number of pyridine rings is 1. The second-order valence-electron chi connectivity index (χ2n) is 27.2. The molecular weight excluding hydrogens is 1230 g/mol. The maximum Gasteiger partial charge on any atom is 0.135 e. The van der Waals surface area contributed by atoms with Crippen LogP contribution >= 0.6 is 0 Å². The first kappa shape index (κ1) is 47.2. The molecule has 1 aliphatic carbocycles. The van der Waals surface area contributed by atoms with Crippen molar-refractivity contribution < 1.29 is 39.5 Å². The SMILES string of the molecule is [2H]c1c([2H])c([2H])c(C(C)(C)C)c(-c2ccc(-n3c4[c-]c(Oc5[c-]c(N6[CH-]N(c7c(-c8c([2H])c(-c9ccccc9)c([2H])c(C(C)(C)C)c8[2H])cc(C(C)(C)C)cc7-c7c([2H])c([2H])c8c(c7[2H])C(C)(C)CCC8(C)C)c7ccccc76)ccc5)ccc4c4ccccc43)nc2)c1[2H].[Pt]. The molecule has 1 aliphatic heterocycles. The molecule has 0 fully saturated rings. The molecule has 5 nitrogen and oxygen atoms in total. The zero-order valence-corrected chi connectivity index (χ0v) is 53.6. The minimum atomic E-state index is -0.714. The van der Waals surface area contributed by atoms with E-state index in [2.05, 4.69) is 78.8 Å². The predicted molar refractivity (Wildman–Crippen MR) is 357 cm³/mol. The Labute approximate surface area is 539 Å². The van der Waals surface area contributed by atoms with Crippen molar-refractivity contribution in [1.82, 2.24) is 9.55 Å². The van der Waals surface area contributed by atoms with E-state index in [0.29, 0.717) is 89.8 Å². The van der Waals surface area contributed by atoms with Gasteiger partial charge in [-0.25, -0.2) is 4.98 Å². The number of hydrogen-bond donors (Lipinski definition) is 0. The topological polar surface area (TPSA) is 33.5 Å². The smallest absolute Gasteiger partial charge is 0.135 e. The van der Waals surface area contributed by atoms with Crippen LogP contribution in [0.25, 0.3) is 72.1 Å². The van der Waals surface area contributed by atoms with Gasteiger partial charge in [0.15, 0.2) is 0 Å². The maximum atomic E-state index is 10.5. The Bertz CT molecular complexity index is 4980. The van der Waals surface area contributed by atoms with Crippen molar-refractivity contribution in [3.8, 4) is 61.8 Å². The third-order valence-corrected chi connectivity index (χ3v) is 17.0. The summed E-state index contributed by atoms with van der Waals surface area (Å²) in [5, 5.41) is 1.88. The molecular formula is C80H77N4OPt-3. The van der Waals surface area contributed by atoms with Crippen LogP contribution in [0, 0.1) is 18.8 Å². The minimum absolute atomic E-state index is 0. The molecule has 6 heteroatoms. The number of para-hydroxylation sites is 3. The molecule has 2 aromatic heterocycles. The van der Waals surface area contributed by atoms with Crippen LogP contribution in [-0.2, 0) is 48.1 Å². The molecule has 11 aromatic rings. The van der Waals surface area contributed by atoms with E-state index in [4.69, 9.17) is 15.2 Å². The monoisotopic (exact) mass is 1310 g/mol. The third-order valence-electron chi connectivity index (χ3n) is 17.0. The van der Waals surface area contributed by atoms with E-state index in [9.17, 15) is 8.22 Å². The van der Waals surface area contributed by atoms with E-state index < -0.39 is 27.1 Å². The Balaban J connectivity index is 0.00000881. The van der Waals surface area contributed by atoms with Gasteiger partial charge in [0.05, 0.1) is 13.7 Å². The Morgan fingerprint density at radius 2 is 1.17 bits per heavy atom. The van der Waals surface area contributed by atoms with Crippen molar-refractivity contribution >= 4 is 44.6 Å². The van der Waals surface area contributed by atoms with Crippen LogP contribution in [0.1, 0.15) is 144 Å². The van der Waals surface area contributed by atoms with E-state index in [0.717, 1.165) is 57.2 Å². The number of fused-ring (bicyclic) bond motifs is 5. The van der Waals surface area contributed by atoms with E-state index in [1.54, 1.807) is 6.20 Å². The van der Waals surface area contributed by atoms with E-state index >= 15 is 0 Å². The van der Waals surface area contributed by atoms with Crippen molar-refractivity contribution in [3.63, 3.8) is 0 Å². The molecule has 0 N–H and O–H groups in total. The fraction of sp³-hybridized carbons (Fsp3) is 0.250. The first-order valence-electron chi connectivity index (χ1n) is 34.5. The van der Waals surface area contributed by atoms with Crippen molar-refractivity contribution in [2.75, 3.05) is 9.80 Å². The van der Waals surface area contributed by atoms with E-state index in [-0.39, 0.29) is 81.5 Å². The van der Waals surface area contributed by atoms with Crippen LogP contribution in [0.3, 0.4) is 0 Å². The summed E-state index contributed by atoms with van der Waals surface area (Å²) < 4.78 is 105. The molecule has 9 aromatic carbocycles. The normalized spacial score (nSPS) is 16.3. The molecule has 13 rings (SSSR count). The number of rotatable bonds is 9. The molecule has 3 heterocycles. The largest absolute Gasteiger partial charge is 0.509 e. The Morgan fingerprint density at radius 1 is 0.523 bits per heavy atom. The van der Waals surface area contributed by atoms with Crippen LogP contribution in [0.15, 0.2) is 200 Å². The van der Waals surface area contributed by atoms with Crippen LogP contribution in [0.4, 0.5) is 22.7 Å². The first-order chi connectivity index (χ1) is 44.7. The molecule has 0 bridgehead atoms. The van der Waals surface area contributed by atoms with Crippen LogP contribution in [0.5, 0.6) is 11.5 Å². The van der Waals surface area contributed by atoms with Crippen molar-refractivity contribution in [1.29, 1.82) is 0 Å². The summed E-state index contributed by atoms with van der Waals surface area (Å²) in [7, 11) is 0. The predicted octanol–water partition coefficient (Wildman–Crippen LogP) is 21.9. The number of ether oxygens (including phenoxy) is 1. The van der Waals surface area contributed by atoms with Gasteiger partial charge >= 0.3 is 0 Å². The number of anilines is 4. The second-order valence-corrected chi connectivity index (χ2v) is 27.2. The number of aromatic nitrogens is 2. The summed E-state index contributed by atoms with van der Waals surface area (Å²) in [4.78, 5) is 9.04. The van der Waals surface area contributed by atoms with Gasteiger partial charge in [0.1, 0.15) is 5.82 Å². The molecule has 2 aliphatic rings. The molecule has 0 saturated heterocycles. The molecule has 0 amide bonds. The summed E-state index contributed by atoms with van der Waals surface area (Å²) >= 11 is 0. The van der Waals surface area contributed by atoms with Gasteiger partial charge < -0.3 is 19.1 Å². The third kappa shape index (κ3) is 10.7. The summed E-state index contributed by atoms with van der Waals surface area (Å²) in [5.41, 5.74) is 8.36. The van der Waals surface area contributed by atoms with Crippen LogP contribution < -0.4 is 14.5 Å². The van der Waals surface area contributed by atoms with E-state index in [1.165, 1.54) is 0 Å². The summed E-state index contributed by atoms with van der Waals surface area (Å²) in [6.45, 7) is 28.6. The van der Waals surface area contributed by atoms with Gasteiger partial charge in [-0.3, -0.25) is 0 Å². The summed E-state index contributed by atoms with van der Waals surface area (Å²) in [5.74, 6) is 1.37. The zero-order chi connectivity index (χ0) is 68.1. The second kappa shape index (κ2) is 21.8. The Kier molecular flexibility index (Phi) is 11.9.